The largest absolute Gasteiger partial charge is 0.383 e. The van der Waals surface area contributed by atoms with Crippen LogP contribution in [0.4, 0.5) is 11.4 Å². The Kier molecular flexibility index (Phi) is 8.26. The van der Waals surface area contributed by atoms with E-state index in [0.717, 1.165) is 30.0 Å². The van der Waals surface area contributed by atoms with Crippen LogP contribution >= 0.6 is 0 Å². The lowest BCUT2D eigenvalue weighted by molar-refractivity contribution is -0.133. The number of rotatable bonds is 9. The quantitative estimate of drug-likeness (QED) is 0.752. The van der Waals surface area contributed by atoms with Crippen LogP contribution in [-0.4, -0.2) is 56.6 Å². The summed E-state index contributed by atoms with van der Waals surface area (Å²) in [7, 11) is 1.57. The number of carbonyl (C=O) groups excluding carboxylic acids is 2. The van der Waals surface area contributed by atoms with Crippen molar-refractivity contribution >= 4 is 23.2 Å². The minimum Gasteiger partial charge on any atom is -0.383 e. The first-order valence-corrected chi connectivity index (χ1v) is 8.32. The number of ether oxygens (including phenoxy) is 1. The topological polar surface area (TPSA) is 61.9 Å². The molecule has 0 aliphatic heterocycles. The summed E-state index contributed by atoms with van der Waals surface area (Å²) in [6, 6.07) is 5.98. The van der Waals surface area contributed by atoms with E-state index in [1.807, 2.05) is 19.1 Å². The molecule has 0 unspecified atom stereocenters. The van der Waals surface area contributed by atoms with Gasteiger partial charge >= 0.3 is 0 Å². The molecule has 0 fully saturated rings. The molecule has 0 aliphatic rings. The van der Waals surface area contributed by atoms with Crippen molar-refractivity contribution in [2.45, 2.75) is 27.7 Å². The zero-order valence-corrected chi connectivity index (χ0v) is 15.4. The number of methoxy groups -OCH3 is 1. The predicted octanol–water partition coefficient (Wildman–Crippen LogP) is 2.27. The number of carbonyl (C=O) groups is 2. The fourth-order valence-corrected chi connectivity index (χ4v) is 2.49. The number of nitrogens with one attached hydrogen (secondary N) is 1. The van der Waals surface area contributed by atoms with Gasteiger partial charge in [-0.2, -0.15) is 0 Å². The number of anilines is 2. The third kappa shape index (κ3) is 5.85. The molecule has 1 rings (SSSR count). The lowest BCUT2D eigenvalue weighted by atomic mass is 10.1. The Morgan fingerprint density at radius 3 is 2.38 bits per heavy atom. The van der Waals surface area contributed by atoms with Crippen LogP contribution in [0.25, 0.3) is 0 Å². The smallest absolute Gasteiger partial charge is 0.244 e. The second-order valence-corrected chi connectivity index (χ2v) is 5.65. The summed E-state index contributed by atoms with van der Waals surface area (Å²) < 4.78 is 4.97. The van der Waals surface area contributed by atoms with Crippen molar-refractivity contribution in [3.05, 3.63) is 23.8 Å². The zero-order valence-electron chi connectivity index (χ0n) is 15.4. The van der Waals surface area contributed by atoms with Gasteiger partial charge in [0.25, 0.3) is 0 Å². The number of hydrogen-bond acceptors (Lipinski definition) is 4. The van der Waals surface area contributed by atoms with Crippen LogP contribution < -0.4 is 10.2 Å². The Bertz CT molecular complexity index is 556. The highest BCUT2D eigenvalue weighted by molar-refractivity contribution is 5.95. The minimum atomic E-state index is -0.208. The number of aryl methyl sites for hydroxylation is 1. The molecule has 2 amide bonds. The molecule has 0 bridgehead atoms. The minimum absolute atomic E-state index is 0.0237. The van der Waals surface area contributed by atoms with Crippen LogP contribution in [0, 0.1) is 6.92 Å². The highest BCUT2D eigenvalue weighted by atomic mass is 16.5. The van der Waals surface area contributed by atoms with Crippen molar-refractivity contribution in [2.75, 3.05) is 50.1 Å². The molecule has 0 radical (unpaired) electrons. The molecule has 1 aromatic carbocycles. The van der Waals surface area contributed by atoms with Gasteiger partial charge in [-0.3, -0.25) is 9.59 Å². The first-order valence-electron chi connectivity index (χ1n) is 8.32. The van der Waals surface area contributed by atoms with Gasteiger partial charge < -0.3 is 19.9 Å². The summed E-state index contributed by atoms with van der Waals surface area (Å²) in [4.78, 5) is 27.5. The standard InChI is InChI=1S/C18H29N3O3/c1-6-20(7-2)16-8-9-17(14(3)12-16)19-18(23)13-21(15(4)22)10-11-24-5/h8-9,12H,6-7,10-11,13H2,1-5H3,(H,19,23). The molecular weight excluding hydrogens is 306 g/mol. The summed E-state index contributed by atoms with van der Waals surface area (Å²) >= 11 is 0. The third-order valence-electron chi connectivity index (χ3n) is 3.96. The first-order chi connectivity index (χ1) is 11.4. The molecule has 6 nitrogen and oxygen atoms in total. The zero-order chi connectivity index (χ0) is 18.1. The maximum absolute atomic E-state index is 12.2. The van der Waals surface area contributed by atoms with Crippen molar-refractivity contribution < 1.29 is 14.3 Å². The van der Waals surface area contributed by atoms with E-state index in [1.54, 1.807) is 7.11 Å². The molecule has 6 heteroatoms. The SMILES string of the molecule is CCN(CC)c1ccc(NC(=O)CN(CCOC)C(C)=O)c(C)c1. The summed E-state index contributed by atoms with van der Waals surface area (Å²) in [6.45, 7) is 10.4. The Balaban J connectivity index is 2.74. The van der Waals surface area contributed by atoms with E-state index < -0.39 is 0 Å². The summed E-state index contributed by atoms with van der Waals surface area (Å²) in [6.07, 6.45) is 0. The molecule has 0 saturated carbocycles. The van der Waals surface area contributed by atoms with Gasteiger partial charge in [-0.1, -0.05) is 0 Å². The normalized spacial score (nSPS) is 10.4. The van der Waals surface area contributed by atoms with E-state index in [4.69, 9.17) is 4.74 Å². The number of benzene rings is 1. The molecule has 0 heterocycles. The summed E-state index contributed by atoms with van der Waals surface area (Å²) in [5.74, 6) is -0.351. The van der Waals surface area contributed by atoms with Crippen LogP contribution in [0.1, 0.15) is 26.3 Å². The van der Waals surface area contributed by atoms with Crippen molar-refractivity contribution in [2.24, 2.45) is 0 Å². The van der Waals surface area contributed by atoms with E-state index in [2.05, 4.69) is 30.1 Å². The van der Waals surface area contributed by atoms with Crippen LogP contribution in [0.2, 0.25) is 0 Å². The van der Waals surface area contributed by atoms with Gasteiger partial charge in [-0.05, 0) is 44.5 Å². The molecule has 0 spiro atoms. The molecule has 0 saturated heterocycles. The summed E-state index contributed by atoms with van der Waals surface area (Å²) in [5.41, 5.74) is 2.91. The van der Waals surface area contributed by atoms with Crippen molar-refractivity contribution in [1.82, 2.24) is 4.90 Å². The maximum Gasteiger partial charge on any atom is 0.244 e. The van der Waals surface area contributed by atoms with Gasteiger partial charge in [0.2, 0.25) is 11.8 Å². The molecule has 1 N–H and O–H groups in total. The van der Waals surface area contributed by atoms with Crippen LogP contribution in [-0.2, 0) is 14.3 Å². The van der Waals surface area contributed by atoms with Crippen LogP contribution in [0.5, 0.6) is 0 Å². The Labute approximate surface area is 144 Å². The molecule has 1 aromatic rings. The predicted molar refractivity (Wildman–Crippen MR) is 97.5 cm³/mol. The third-order valence-corrected chi connectivity index (χ3v) is 3.96. The van der Waals surface area contributed by atoms with Gasteiger partial charge in [0, 0.05) is 45.0 Å². The van der Waals surface area contributed by atoms with E-state index in [-0.39, 0.29) is 18.4 Å². The molecule has 0 aromatic heterocycles. The Morgan fingerprint density at radius 2 is 1.88 bits per heavy atom. The van der Waals surface area contributed by atoms with E-state index >= 15 is 0 Å². The van der Waals surface area contributed by atoms with Crippen molar-refractivity contribution in [3.63, 3.8) is 0 Å². The average Bonchev–Trinajstić information content (AvgIpc) is 2.54. The van der Waals surface area contributed by atoms with Gasteiger partial charge in [0.1, 0.15) is 0 Å². The fourth-order valence-electron chi connectivity index (χ4n) is 2.49. The molecule has 134 valence electrons. The monoisotopic (exact) mass is 335 g/mol. The Hall–Kier alpha value is -2.08. The molecular formula is C18H29N3O3. The molecule has 0 atom stereocenters. The number of amides is 2. The fraction of sp³-hybridized carbons (Fsp3) is 0.556. The molecule has 0 aliphatic carbocycles. The maximum atomic E-state index is 12.2. The van der Waals surface area contributed by atoms with Gasteiger partial charge in [-0.25, -0.2) is 0 Å². The van der Waals surface area contributed by atoms with E-state index in [9.17, 15) is 9.59 Å². The van der Waals surface area contributed by atoms with Gasteiger partial charge in [0.15, 0.2) is 0 Å². The van der Waals surface area contributed by atoms with Gasteiger partial charge in [-0.15, -0.1) is 0 Å². The van der Waals surface area contributed by atoms with Crippen molar-refractivity contribution in [3.8, 4) is 0 Å². The van der Waals surface area contributed by atoms with E-state index in [1.165, 1.54) is 11.8 Å². The first kappa shape index (κ1) is 20.0. The second kappa shape index (κ2) is 9.93. The number of hydrogen-bond donors (Lipinski definition) is 1. The average molecular weight is 335 g/mol. The highest BCUT2D eigenvalue weighted by Crippen LogP contribution is 2.22. The lowest BCUT2D eigenvalue weighted by Crippen LogP contribution is -2.38. The summed E-state index contributed by atoms with van der Waals surface area (Å²) in [5, 5.41) is 2.88. The lowest BCUT2D eigenvalue weighted by Gasteiger charge is -2.23. The van der Waals surface area contributed by atoms with Crippen LogP contribution in [0.3, 0.4) is 0 Å². The molecule has 24 heavy (non-hydrogen) atoms. The number of nitrogens with zero attached hydrogens (tertiary/aromatic N) is 2. The van der Waals surface area contributed by atoms with Crippen LogP contribution in [0.15, 0.2) is 18.2 Å². The van der Waals surface area contributed by atoms with Gasteiger partial charge in [0.05, 0.1) is 13.2 Å². The second-order valence-electron chi connectivity index (χ2n) is 5.65. The Morgan fingerprint density at radius 1 is 1.21 bits per heavy atom. The highest BCUT2D eigenvalue weighted by Gasteiger charge is 2.14. The van der Waals surface area contributed by atoms with E-state index in [0.29, 0.717) is 13.2 Å². The van der Waals surface area contributed by atoms with Crippen molar-refractivity contribution in [1.29, 1.82) is 0 Å².